The predicted octanol–water partition coefficient (Wildman–Crippen LogP) is 6.11. The van der Waals surface area contributed by atoms with E-state index in [1.54, 1.807) is 0 Å². The molecule has 0 spiro atoms. The fourth-order valence-corrected chi connectivity index (χ4v) is 3.78. The lowest BCUT2D eigenvalue weighted by atomic mass is 9.88. The van der Waals surface area contributed by atoms with E-state index in [0.717, 1.165) is 30.4 Å². The van der Waals surface area contributed by atoms with E-state index in [0.29, 0.717) is 0 Å². The summed E-state index contributed by atoms with van der Waals surface area (Å²) in [6.07, 6.45) is 7.10. The van der Waals surface area contributed by atoms with Crippen molar-refractivity contribution in [2.24, 2.45) is 16.8 Å². The van der Waals surface area contributed by atoms with Crippen LogP contribution in [0.3, 0.4) is 0 Å². The Bertz CT molecular complexity index is 841. The summed E-state index contributed by atoms with van der Waals surface area (Å²) >= 11 is 4.69. The van der Waals surface area contributed by atoms with Gasteiger partial charge in [-0.25, -0.2) is 0 Å². The van der Waals surface area contributed by atoms with E-state index >= 15 is 0 Å². The van der Waals surface area contributed by atoms with Crippen molar-refractivity contribution in [3.63, 3.8) is 0 Å². The maximum absolute atomic E-state index is 4.69. The Labute approximate surface area is 149 Å². The van der Waals surface area contributed by atoms with Gasteiger partial charge in [0.2, 0.25) is 0 Å². The smallest absolute Gasteiger partial charge is 0.0742 e. The van der Waals surface area contributed by atoms with Gasteiger partial charge in [-0.2, -0.15) is 4.99 Å². The molecule has 0 heterocycles. The molecular weight excluding hydrogens is 310 g/mol. The first-order valence-electron chi connectivity index (χ1n) is 8.73. The van der Waals surface area contributed by atoms with E-state index in [1.807, 2.05) is 6.07 Å². The van der Waals surface area contributed by atoms with Crippen molar-refractivity contribution in [1.29, 1.82) is 0 Å². The zero-order valence-corrected chi connectivity index (χ0v) is 14.8. The van der Waals surface area contributed by atoms with Crippen LogP contribution in [0, 0.1) is 11.8 Å². The maximum Gasteiger partial charge on any atom is 0.0742 e. The minimum absolute atomic E-state index is 0.902. The van der Waals surface area contributed by atoms with E-state index < -0.39 is 0 Å². The number of thiocarbonyl (C=S) groups is 1. The van der Waals surface area contributed by atoms with Gasteiger partial charge in [-0.15, -0.1) is 0 Å². The van der Waals surface area contributed by atoms with Crippen LogP contribution in [-0.4, -0.2) is 5.16 Å². The molecule has 0 saturated heterocycles. The fourth-order valence-electron chi connectivity index (χ4n) is 3.67. The molecule has 4 rings (SSSR count). The predicted molar refractivity (Wildman–Crippen MR) is 105 cm³/mol. The summed E-state index contributed by atoms with van der Waals surface area (Å²) in [5, 5.41) is 2.44. The van der Waals surface area contributed by atoms with Gasteiger partial charge in [0.25, 0.3) is 0 Å². The number of hydrogen-bond acceptors (Lipinski definition) is 2. The molecule has 1 saturated carbocycles. The van der Waals surface area contributed by atoms with Gasteiger partial charge >= 0.3 is 0 Å². The molecule has 2 aromatic rings. The fraction of sp³-hybridized carbons (Fsp3) is 0.318. The van der Waals surface area contributed by atoms with Crippen molar-refractivity contribution in [3.8, 4) is 0 Å². The largest absolute Gasteiger partial charge is 0.195 e. The molecule has 0 N–H and O–H groups in total. The Hall–Kier alpha value is -2.02. The molecule has 120 valence electrons. The van der Waals surface area contributed by atoms with Gasteiger partial charge in [0.1, 0.15) is 0 Å². The highest BCUT2D eigenvalue weighted by Gasteiger charge is 2.32. The molecule has 2 heteroatoms. The van der Waals surface area contributed by atoms with Gasteiger partial charge in [-0.05, 0) is 89.7 Å². The Morgan fingerprint density at radius 2 is 1.92 bits per heavy atom. The van der Waals surface area contributed by atoms with Crippen LogP contribution in [0.25, 0.3) is 11.6 Å². The van der Waals surface area contributed by atoms with Crippen LogP contribution in [0.2, 0.25) is 0 Å². The van der Waals surface area contributed by atoms with Gasteiger partial charge < -0.3 is 0 Å². The molecule has 0 radical (unpaired) electrons. The average molecular weight is 331 g/mol. The summed E-state index contributed by atoms with van der Waals surface area (Å²) in [5.74, 6) is 1.84. The summed E-state index contributed by atoms with van der Waals surface area (Å²) in [5.41, 5.74) is 7.82. The van der Waals surface area contributed by atoms with Crippen LogP contribution < -0.4 is 0 Å². The summed E-state index contributed by atoms with van der Waals surface area (Å²) in [6.45, 7) is 2.35. The number of benzene rings is 2. The summed E-state index contributed by atoms with van der Waals surface area (Å²) in [6, 6.07) is 15.5. The first-order valence-corrected chi connectivity index (χ1v) is 9.14. The van der Waals surface area contributed by atoms with E-state index in [1.165, 1.54) is 40.7 Å². The summed E-state index contributed by atoms with van der Waals surface area (Å²) in [7, 11) is 0. The number of aliphatic imine (C=N–C) groups is 1. The molecule has 1 nitrogen and oxygen atoms in total. The topological polar surface area (TPSA) is 12.4 Å². The molecule has 2 aromatic carbocycles. The maximum atomic E-state index is 4.69. The molecule has 0 bridgehead atoms. The Morgan fingerprint density at radius 3 is 2.62 bits per heavy atom. The minimum Gasteiger partial charge on any atom is -0.195 e. The van der Waals surface area contributed by atoms with Crippen LogP contribution in [-0.2, 0) is 12.8 Å². The third-order valence-electron chi connectivity index (χ3n) is 5.39. The average Bonchev–Trinajstić information content (AvgIpc) is 3.30. The van der Waals surface area contributed by atoms with Crippen LogP contribution in [0.1, 0.15) is 42.0 Å². The number of rotatable bonds is 4. The highest BCUT2D eigenvalue weighted by Crippen LogP contribution is 2.40. The van der Waals surface area contributed by atoms with Crippen molar-refractivity contribution in [1.82, 2.24) is 0 Å². The number of fused-ring (bicyclic) bond motifs is 1. The Kier molecular flexibility index (Phi) is 4.18. The van der Waals surface area contributed by atoms with Crippen molar-refractivity contribution < 1.29 is 0 Å². The molecule has 0 aromatic heterocycles. The van der Waals surface area contributed by atoms with Crippen LogP contribution in [0.4, 0.5) is 5.69 Å². The van der Waals surface area contributed by atoms with Crippen molar-refractivity contribution >= 4 is 34.7 Å². The second-order valence-corrected chi connectivity index (χ2v) is 7.31. The van der Waals surface area contributed by atoms with Crippen LogP contribution in [0.5, 0.6) is 0 Å². The van der Waals surface area contributed by atoms with Crippen LogP contribution >= 0.6 is 12.2 Å². The van der Waals surface area contributed by atoms with E-state index in [2.05, 4.69) is 71.8 Å². The van der Waals surface area contributed by atoms with Crippen LogP contribution in [0.15, 0.2) is 47.5 Å². The second kappa shape index (κ2) is 6.47. The van der Waals surface area contributed by atoms with Gasteiger partial charge in [-0.3, -0.25) is 0 Å². The molecule has 1 fully saturated rings. The van der Waals surface area contributed by atoms with Gasteiger partial charge in [0.05, 0.1) is 10.8 Å². The first kappa shape index (κ1) is 15.5. The summed E-state index contributed by atoms with van der Waals surface area (Å²) in [4.78, 5) is 4.08. The molecule has 2 atom stereocenters. The number of isothiocyanates is 1. The van der Waals surface area contributed by atoms with Crippen molar-refractivity contribution in [2.45, 2.75) is 32.6 Å². The highest BCUT2D eigenvalue weighted by atomic mass is 32.1. The zero-order chi connectivity index (χ0) is 16.5. The molecule has 2 aliphatic carbocycles. The minimum atomic E-state index is 0.902. The van der Waals surface area contributed by atoms with E-state index in [9.17, 15) is 0 Å². The number of nitrogens with zero attached hydrogens (tertiary/aromatic N) is 1. The molecule has 24 heavy (non-hydrogen) atoms. The van der Waals surface area contributed by atoms with Crippen molar-refractivity contribution in [3.05, 3.63) is 64.7 Å². The lowest BCUT2D eigenvalue weighted by molar-refractivity contribution is 0.747. The highest BCUT2D eigenvalue weighted by molar-refractivity contribution is 7.78. The standard InChI is InChI=1S/C22H21NS/c1-15-10-21(15)11-16-2-4-17(5-3-16)18-6-7-20-13-22(23-14-24)9-8-19(20)12-18/h2-5,8-9,12-13,15,21H,6-7,10-11H2,1H3. The SMILES string of the molecule is CC1CC1Cc1ccc(C2=Cc3ccc(N=C=S)cc3CC2)cc1. The number of hydrogen-bond donors (Lipinski definition) is 0. The Balaban J connectivity index is 1.55. The Morgan fingerprint density at radius 1 is 1.12 bits per heavy atom. The number of aryl methyl sites for hydroxylation is 1. The lowest BCUT2D eigenvalue weighted by Gasteiger charge is -2.17. The normalized spacial score (nSPS) is 21.5. The third-order valence-corrected chi connectivity index (χ3v) is 5.48. The van der Waals surface area contributed by atoms with Gasteiger partial charge in [-0.1, -0.05) is 43.3 Å². The molecule has 2 unspecified atom stereocenters. The lowest BCUT2D eigenvalue weighted by Crippen LogP contribution is -1.99. The molecule has 2 aliphatic rings. The van der Waals surface area contributed by atoms with E-state index in [-0.39, 0.29) is 0 Å². The quantitative estimate of drug-likeness (QED) is 0.486. The van der Waals surface area contributed by atoms with Gasteiger partial charge in [0.15, 0.2) is 0 Å². The monoisotopic (exact) mass is 331 g/mol. The van der Waals surface area contributed by atoms with Gasteiger partial charge in [0, 0.05) is 0 Å². The number of allylic oxidation sites excluding steroid dienone is 1. The first-order chi connectivity index (χ1) is 11.7. The molecule has 0 amide bonds. The molecular formula is C22H21NS. The zero-order valence-electron chi connectivity index (χ0n) is 14.0. The third kappa shape index (κ3) is 3.26. The van der Waals surface area contributed by atoms with E-state index in [4.69, 9.17) is 0 Å². The molecule has 0 aliphatic heterocycles. The van der Waals surface area contributed by atoms with Crippen molar-refractivity contribution in [2.75, 3.05) is 0 Å². The second-order valence-electron chi connectivity index (χ2n) is 7.13. The summed E-state index contributed by atoms with van der Waals surface area (Å²) < 4.78 is 0.